The van der Waals surface area contributed by atoms with E-state index in [0.29, 0.717) is 25.4 Å². The normalized spacial score (nSPS) is 10.2. The Kier molecular flexibility index (Phi) is 4.78. The van der Waals surface area contributed by atoms with Gasteiger partial charge in [-0.05, 0) is 36.8 Å². The largest absolute Gasteiger partial charge is 0.493 e. The molecule has 0 aliphatic carbocycles. The fourth-order valence-corrected chi connectivity index (χ4v) is 1.67. The first kappa shape index (κ1) is 13.4. The molecule has 0 bridgehead atoms. The van der Waals surface area contributed by atoms with Crippen LogP contribution in [0, 0.1) is 12.7 Å². The molecule has 0 spiro atoms. The maximum absolute atomic E-state index is 13.4. The molecule has 100 valence electrons. The number of hydrogen-bond acceptors (Lipinski definition) is 2. The quantitative estimate of drug-likeness (QED) is 0.731. The van der Waals surface area contributed by atoms with Crippen molar-refractivity contribution in [3.8, 4) is 11.5 Å². The summed E-state index contributed by atoms with van der Waals surface area (Å²) in [6.45, 7) is 2.90. The SMILES string of the molecule is Cc1ccc(F)c(OCCCOc2ccccc2)c1. The van der Waals surface area contributed by atoms with Crippen LogP contribution in [0.15, 0.2) is 48.5 Å². The van der Waals surface area contributed by atoms with Gasteiger partial charge in [-0.2, -0.15) is 0 Å². The first-order valence-corrected chi connectivity index (χ1v) is 6.32. The average Bonchev–Trinajstić information content (AvgIpc) is 2.43. The Morgan fingerprint density at radius 3 is 2.47 bits per heavy atom. The van der Waals surface area contributed by atoms with Gasteiger partial charge >= 0.3 is 0 Å². The Morgan fingerprint density at radius 2 is 1.68 bits per heavy atom. The van der Waals surface area contributed by atoms with Gasteiger partial charge in [-0.15, -0.1) is 0 Å². The lowest BCUT2D eigenvalue weighted by Gasteiger charge is -2.09. The van der Waals surface area contributed by atoms with E-state index >= 15 is 0 Å². The zero-order valence-corrected chi connectivity index (χ0v) is 10.9. The lowest BCUT2D eigenvalue weighted by molar-refractivity contribution is 0.241. The minimum atomic E-state index is -0.324. The molecule has 2 nitrogen and oxygen atoms in total. The monoisotopic (exact) mass is 260 g/mol. The molecule has 0 aliphatic heterocycles. The van der Waals surface area contributed by atoms with Crippen molar-refractivity contribution in [2.45, 2.75) is 13.3 Å². The Balaban J connectivity index is 1.71. The van der Waals surface area contributed by atoms with Gasteiger partial charge in [0.25, 0.3) is 0 Å². The third-order valence-electron chi connectivity index (χ3n) is 2.64. The summed E-state index contributed by atoms with van der Waals surface area (Å²) >= 11 is 0. The van der Waals surface area contributed by atoms with E-state index in [0.717, 1.165) is 11.3 Å². The Morgan fingerprint density at radius 1 is 0.947 bits per heavy atom. The number of ether oxygens (including phenoxy) is 2. The number of para-hydroxylation sites is 1. The van der Waals surface area contributed by atoms with Gasteiger partial charge in [0, 0.05) is 6.42 Å². The van der Waals surface area contributed by atoms with Crippen molar-refractivity contribution in [3.05, 3.63) is 59.9 Å². The van der Waals surface area contributed by atoms with E-state index in [1.54, 1.807) is 12.1 Å². The Labute approximate surface area is 112 Å². The van der Waals surface area contributed by atoms with E-state index in [9.17, 15) is 4.39 Å². The smallest absolute Gasteiger partial charge is 0.165 e. The van der Waals surface area contributed by atoms with E-state index in [1.807, 2.05) is 37.3 Å². The van der Waals surface area contributed by atoms with Crippen molar-refractivity contribution in [1.29, 1.82) is 0 Å². The minimum absolute atomic E-state index is 0.305. The summed E-state index contributed by atoms with van der Waals surface area (Å²) in [5.41, 5.74) is 0.983. The maximum Gasteiger partial charge on any atom is 0.165 e. The second-order valence-electron chi connectivity index (χ2n) is 4.30. The Bertz CT molecular complexity index is 511. The van der Waals surface area contributed by atoms with Crippen LogP contribution in [0.1, 0.15) is 12.0 Å². The Hall–Kier alpha value is -2.03. The number of rotatable bonds is 6. The molecular formula is C16H17FO2. The van der Waals surface area contributed by atoms with Gasteiger partial charge < -0.3 is 9.47 Å². The highest BCUT2D eigenvalue weighted by atomic mass is 19.1. The average molecular weight is 260 g/mol. The van der Waals surface area contributed by atoms with Crippen LogP contribution in [0.4, 0.5) is 4.39 Å². The molecule has 0 saturated heterocycles. The van der Waals surface area contributed by atoms with E-state index < -0.39 is 0 Å². The molecule has 2 aromatic carbocycles. The molecule has 0 fully saturated rings. The van der Waals surface area contributed by atoms with Crippen molar-refractivity contribution >= 4 is 0 Å². The third kappa shape index (κ3) is 4.28. The van der Waals surface area contributed by atoms with Crippen LogP contribution in [0.5, 0.6) is 11.5 Å². The molecule has 0 saturated carbocycles. The fourth-order valence-electron chi connectivity index (χ4n) is 1.67. The first-order chi connectivity index (χ1) is 9.25. The topological polar surface area (TPSA) is 18.5 Å². The highest BCUT2D eigenvalue weighted by molar-refractivity contribution is 5.29. The van der Waals surface area contributed by atoms with E-state index in [2.05, 4.69) is 0 Å². The standard InChI is InChI=1S/C16H17FO2/c1-13-8-9-15(17)16(12-13)19-11-5-10-18-14-6-3-2-4-7-14/h2-4,6-9,12H,5,10-11H2,1H3. The van der Waals surface area contributed by atoms with Gasteiger partial charge in [-0.3, -0.25) is 0 Å². The molecule has 0 unspecified atom stereocenters. The van der Waals surface area contributed by atoms with E-state index in [-0.39, 0.29) is 5.82 Å². The van der Waals surface area contributed by atoms with Gasteiger partial charge in [0.2, 0.25) is 0 Å². The lowest BCUT2D eigenvalue weighted by Crippen LogP contribution is -2.05. The van der Waals surface area contributed by atoms with Gasteiger partial charge in [-0.1, -0.05) is 24.3 Å². The summed E-state index contributed by atoms with van der Waals surface area (Å²) in [7, 11) is 0. The molecule has 0 aliphatic rings. The van der Waals surface area contributed by atoms with Gasteiger partial charge in [-0.25, -0.2) is 4.39 Å². The summed E-state index contributed by atoms with van der Waals surface area (Å²) in [5, 5.41) is 0. The summed E-state index contributed by atoms with van der Waals surface area (Å²) in [6, 6.07) is 14.4. The predicted octanol–water partition coefficient (Wildman–Crippen LogP) is 3.98. The number of aryl methyl sites for hydroxylation is 1. The summed E-state index contributed by atoms with van der Waals surface area (Å²) < 4.78 is 24.3. The fraction of sp³-hybridized carbons (Fsp3) is 0.250. The predicted molar refractivity (Wildman–Crippen MR) is 73.2 cm³/mol. The van der Waals surface area contributed by atoms with Crippen LogP contribution in [-0.4, -0.2) is 13.2 Å². The van der Waals surface area contributed by atoms with Crippen molar-refractivity contribution in [2.75, 3.05) is 13.2 Å². The zero-order chi connectivity index (χ0) is 13.5. The molecule has 0 N–H and O–H groups in total. The third-order valence-corrected chi connectivity index (χ3v) is 2.64. The molecule has 19 heavy (non-hydrogen) atoms. The number of hydrogen-bond donors (Lipinski definition) is 0. The van der Waals surface area contributed by atoms with Gasteiger partial charge in [0.1, 0.15) is 5.75 Å². The van der Waals surface area contributed by atoms with Crippen LogP contribution in [0.25, 0.3) is 0 Å². The summed E-state index contributed by atoms with van der Waals surface area (Å²) in [6.07, 6.45) is 0.711. The minimum Gasteiger partial charge on any atom is -0.493 e. The highest BCUT2D eigenvalue weighted by Crippen LogP contribution is 2.18. The number of benzene rings is 2. The van der Waals surface area contributed by atoms with Gasteiger partial charge in [0.15, 0.2) is 11.6 Å². The first-order valence-electron chi connectivity index (χ1n) is 6.32. The van der Waals surface area contributed by atoms with Crippen molar-refractivity contribution in [1.82, 2.24) is 0 Å². The van der Waals surface area contributed by atoms with Crippen molar-refractivity contribution < 1.29 is 13.9 Å². The van der Waals surface area contributed by atoms with Crippen LogP contribution < -0.4 is 9.47 Å². The second-order valence-corrected chi connectivity index (χ2v) is 4.30. The van der Waals surface area contributed by atoms with Crippen molar-refractivity contribution in [2.24, 2.45) is 0 Å². The van der Waals surface area contributed by atoms with Crippen LogP contribution in [0.2, 0.25) is 0 Å². The van der Waals surface area contributed by atoms with Crippen molar-refractivity contribution in [3.63, 3.8) is 0 Å². The second kappa shape index (κ2) is 6.78. The number of halogens is 1. The molecule has 2 aromatic rings. The zero-order valence-electron chi connectivity index (χ0n) is 10.9. The molecule has 0 heterocycles. The van der Waals surface area contributed by atoms with E-state index in [4.69, 9.17) is 9.47 Å². The van der Waals surface area contributed by atoms with Crippen LogP contribution >= 0.6 is 0 Å². The van der Waals surface area contributed by atoms with Gasteiger partial charge in [0.05, 0.1) is 13.2 Å². The maximum atomic E-state index is 13.4. The molecule has 3 heteroatoms. The molecule has 2 rings (SSSR count). The summed E-state index contributed by atoms with van der Waals surface area (Å²) in [5.74, 6) is 0.818. The van der Waals surface area contributed by atoms with Crippen LogP contribution in [-0.2, 0) is 0 Å². The highest BCUT2D eigenvalue weighted by Gasteiger charge is 2.02. The summed E-state index contributed by atoms with van der Waals surface area (Å²) in [4.78, 5) is 0. The molecule has 0 aromatic heterocycles. The molecular weight excluding hydrogens is 243 g/mol. The molecule has 0 radical (unpaired) electrons. The van der Waals surface area contributed by atoms with E-state index in [1.165, 1.54) is 6.07 Å². The molecule has 0 amide bonds. The van der Waals surface area contributed by atoms with Crippen LogP contribution in [0.3, 0.4) is 0 Å². The molecule has 0 atom stereocenters. The lowest BCUT2D eigenvalue weighted by atomic mass is 10.2.